The van der Waals surface area contributed by atoms with Gasteiger partial charge in [-0.05, 0) is 70.2 Å². The lowest BCUT2D eigenvalue weighted by Gasteiger charge is -2.28. The fourth-order valence-electron chi connectivity index (χ4n) is 4.38. The van der Waals surface area contributed by atoms with Gasteiger partial charge in [0.25, 0.3) is 5.92 Å². The molecule has 2 aromatic heterocycles. The van der Waals surface area contributed by atoms with Gasteiger partial charge in [-0.1, -0.05) is 11.3 Å². The number of benzene rings is 2. The van der Waals surface area contributed by atoms with Crippen LogP contribution in [0.25, 0.3) is 10.9 Å². The molecule has 0 radical (unpaired) electrons. The second-order valence-corrected chi connectivity index (χ2v) is 10.6. The van der Waals surface area contributed by atoms with Gasteiger partial charge in [0.2, 0.25) is 0 Å². The maximum Gasteiger partial charge on any atom is 0.275 e. The van der Waals surface area contributed by atoms with E-state index in [0.29, 0.717) is 29.7 Å². The molecule has 0 spiro atoms. The molecular weight excluding hydrogens is 439 g/mol. The molecule has 0 aliphatic carbocycles. The van der Waals surface area contributed by atoms with Crippen LogP contribution in [0.4, 0.5) is 13.2 Å². The average Bonchev–Trinajstić information content (AvgIpc) is 3.34. The van der Waals surface area contributed by atoms with Gasteiger partial charge in [0.15, 0.2) is 5.82 Å². The lowest BCUT2D eigenvalue weighted by molar-refractivity contribution is -0.0123. The largest absolute Gasteiger partial charge is 0.337 e. The molecule has 6 nitrogen and oxygen atoms in total. The highest BCUT2D eigenvalue weighted by Crippen LogP contribution is 2.42. The van der Waals surface area contributed by atoms with Crippen molar-refractivity contribution in [3.63, 3.8) is 0 Å². The first-order valence-corrected chi connectivity index (χ1v) is 11.9. The molecule has 32 heavy (non-hydrogen) atoms. The molecule has 1 N–H and O–H groups in total. The lowest BCUT2D eigenvalue weighted by atomic mass is 9.97. The molecule has 10 heteroatoms. The van der Waals surface area contributed by atoms with Crippen molar-refractivity contribution in [2.45, 2.75) is 37.1 Å². The zero-order valence-electron chi connectivity index (χ0n) is 17.2. The standard InChI is InChI=1S/C22H20F3N5OS/c1-13-16(9-14-3-6-20-18(10-14)22(24,25)7-8-32(20,2)31)17-11-15(23)4-5-19(17)30(13)12-21-26-28-29-27-21/h3-6,10-11H,2,7-9,12H2,1H3,(H,26,27,28,29). The second-order valence-electron chi connectivity index (χ2n) is 8.12. The van der Waals surface area contributed by atoms with E-state index in [1.54, 1.807) is 12.1 Å². The van der Waals surface area contributed by atoms with Gasteiger partial charge in [-0.2, -0.15) is 5.21 Å². The summed E-state index contributed by atoms with van der Waals surface area (Å²) in [6, 6.07) is 9.12. The number of fused-ring (bicyclic) bond motifs is 2. The van der Waals surface area contributed by atoms with Crippen LogP contribution in [-0.2, 0) is 28.4 Å². The number of aromatic amines is 1. The van der Waals surface area contributed by atoms with Crippen molar-refractivity contribution in [3.8, 4) is 0 Å². The number of halogens is 3. The molecule has 5 rings (SSSR count). The normalized spacial score (nSPS) is 19.9. The molecule has 166 valence electrons. The lowest BCUT2D eigenvalue weighted by Crippen LogP contribution is -2.28. The molecule has 0 fully saturated rings. The van der Waals surface area contributed by atoms with E-state index < -0.39 is 21.9 Å². The summed E-state index contributed by atoms with van der Waals surface area (Å²) >= 11 is 0. The molecule has 1 aliphatic heterocycles. The highest BCUT2D eigenvalue weighted by atomic mass is 32.2. The van der Waals surface area contributed by atoms with Gasteiger partial charge in [-0.3, -0.25) is 4.21 Å². The number of nitrogens with zero attached hydrogens (tertiary/aromatic N) is 4. The van der Waals surface area contributed by atoms with Crippen molar-refractivity contribution in [3.05, 3.63) is 70.4 Å². The first-order valence-electron chi connectivity index (χ1n) is 10.0. The molecule has 4 aromatic rings. The Bertz CT molecular complexity index is 1440. The van der Waals surface area contributed by atoms with Crippen LogP contribution in [0.1, 0.15) is 34.6 Å². The number of tetrazole rings is 1. The zero-order valence-corrected chi connectivity index (χ0v) is 18.1. The first kappa shape index (κ1) is 20.7. The average molecular weight is 459 g/mol. The van der Waals surface area contributed by atoms with Gasteiger partial charge in [-0.25, -0.2) is 13.2 Å². The van der Waals surface area contributed by atoms with E-state index in [9.17, 15) is 17.4 Å². The summed E-state index contributed by atoms with van der Waals surface area (Å²) in [4.78, 5) is 0.125. The Labute approximate surface area is 182 Å². The van der Waals surface area contributed by atoms with E-state index in [1.807, 2.05) is 11.5 Å². The Kier molecular flexibility index (Phi) is 4.66. The van der Waals surface area contributed by atoms with Crippen LogP contribution in [-0.4, -0.2) is 41.0 Å². The van der Waals surface area contributed by atoms with Gasteiger partial charge < -0.3 is 4.57 Å². The summed E-state index contributed by atoms with van der Waals surface area (Å²) in [6.45, 7) is 2.22. The molecule has 0 saturated carbocycles. The SMILES string of the molecule is C=S1(=O)CCC(F)(F)c2cc(Cc3c(C)n(Cc4nn[nH]n4)c4ccc(F)cc34)ccc21. The summed E-state index contributed by atoms with van der Waals surface area (Å²) in [7, 11) is -2.73. The van der Waals surface area contributed by atoms with Crippen LogP contribution in [0.2, 0.25) is 0 Å². The van der Waals surface area contributed by atoms with Gasteiger partial charge in [0.1, 0.15) is 5.82 Å². The summed E-state index contributed by atoms with van der Waals surface area (Å²) in [6.07, 6.45) is -0.174. The molecular formula is C22H20F3N5OS. The quantitative estimate of drug-likeness (QED) is 0.471. The number of hydrogen-bond donors (Lipinski definition) is 1. The van der Waals surface area contributed by atoms with Crippen molar-refractivity contribution in [1.29, 1.82) is 0 Å². The molecule has 0 saturated heterocycles. The van der Waals surface area contributed by atoms with Gasteiger partial charge in [0.05, 0.1) is 6.54 Å². The molecule has 1 aliphatic rings. The topological polar surface area (TPSA) is 76.5 Å². The van der Waals surface area contributed by atoms with Crippen molar-refractivity contribution >= 4 is 26.3 Å². The van der Waals surface area contributed by atoms with Crippen LogP contribution in [0.15, 0.2) is 41.3 Å². The third kappa shape index (κ3) is 3.38. The van der Waals surface area contributed by atoms with Crippen LogP contribution < -0.4 is 0 Å². The summed E-state index contributed by atoms with van der Waals surface area (Å²) < 4.78 is 58.0. The second kappa shape index (κ2) is 7.19. The highest BCUT2D eigenvalue weighted by molar-refractivity contribution is 8.00. The van der Waals surface area contributed by atoms with Crippen molar-refractivity contribution < 1.29 is 17.4 Å². The van der Waals surface area contributed by atoms with E-state index >= 15 is 0 Å². The van der Waals surface area contributed by atoms with Crippen molar-refractivity contribution in [2.75, 3.05) is 5.75 Å². The molecule has 0 bridgehead atoms. The summed E-state index contributed by atoms with van der Waals surface area (Å²) in [5, 5.41) is 14.7. The third-order valence-corrected chi connectivity index (χ3v) is 8.09. The van der Waals surface area contributed by atoms with E-state index in [1.165, 1.54) is 24.3 Å². The van der Waals surface area contributed by atoms with Gasteiger partial charge >= 0.3 is 0 Å². The van der Waals surface area contributed by atoms with Crippen LogP contribution in [0.3, 0.4) is 0 Å². The molecule has 1 atom stereocenters. The Morgan fingerprint density at radius 3 is 2.81 bits per heavy atom. The first-order chi connectivity index (χ1) is 15.2. The van der Waals surface area contributed by atoms with Gasteiger partial charge in [0, 0.05) is 39.2 Å². The smallest absolute Gasteiger partial charge is 0.275 e. The Morgan fingerprint density at radius 2 is 2.06 bits per heavy atom. The Morgan fingerprint density at radius 1 is 1.25 bits per heavy atom. The summed E-state index contributed by atoms with van der Waals surface area (Å²) in [5.41, 5.74) is 2.86. The predicted octanol–water partition coefficient (Wildman–Crippen LogP) is 3.81. The molecule has 2 aromatic carbocycles. The number of H-pyrrole nitrogens is 1. The van der Waals surface area contributed by atoms with Crippen molar-refractivity contribution in [1.82, 2.24) is 25.2 Å². The number of rotatable bonds is 4. The van der Waals surface area contributed by atoms with Crippen LogP contribution >= 0.6 is 0 Å². The molecule has 3 heterocycles. The maximum absolute atomic E-state index is 14.6. The monoisotopic (exact) mass is 459 g/mol. The summed E-state index contributed by atoms with van der Waals surface area (Å²) in [5.74, 6) is 0.582. The van der Waals surface area contributed by atoms with E-state index in [-0.39, 0.29) is 22.0 Å². The number of aromatic nitrogens is 5. The number of hydrogen-bond acceptors (Lipinski definition) is 4. The zero-order chi connectivity index (χ0) is 22.7. The van der Waals surface area contributed by atoms with Crippen molar-refractivity contribution in [2.24, 2.45) is 0 Å². The predicted molar refractivity (Wildman–Crippen MR) is 116 cm³/mol. The van der Waals surface area contributed by atoms with E-state index in [2.05, 4.69) is 26.5 Å². The molecule has 1 unspecified atom stereocenters. The Balaban J connectivity index is 1.62. The third-order valence-electron chi connectivity index (χ3n) is 6.07. The van der Waals surface area contributed by atoms with E-state index in [0.717, 1.165) is 16.8 Å². The Hall–Kier alpha value is -3.14. The maximum atomic E-state index is 14.6. The van der Waals surface area contributed by atoms with Gasteiger partial charge in [-0.15, -0.1) is 10.2 Å². The minimum atomic E-state index is -3.06. The number of alkyl halides is 2. The van der Waals surface area contributed by atoms with Crippen LogP contribution in [0.5, 0.6) is 0 Å². The fourth-order valence-corrected chi connectivity index (χ4v) is 6.11. The van der Waals surface area contributed by atoms with E-state index in [4.69, 9.17) is 0 Å². The molecule has 0 amide bonds. The number of nitrogens with one attached hydrogen (secondary N) is 1. The minimum absolute atomic E-state index is 0.125. The van der Waals surface area contributed by atoms with Crippen LogP contribution in [0, 0.1) is 12.7 Å². The highest BCUT2D eigenvalue weighted by Gasteiger charge is 2.40. The minimum Gasteiger partial charge on any atom is -0.337 e. The fraction of sp³-hybridized carbons (Fsp3) is 0.273.